The zero-order valence-corrected chi connectivity index (χ0v) is 13.4. The zero-order chi connectivity index (χ0) is 14.7. The molecule has 5 heteroatoms. The summed E-state index contributed by atoms with van der Waals surface area (Å²) in [5.41, 5.74) is 1.92. The Hall–Kier alpha value is -1.01. The van der Waals surface area contributed by atoms with Crippen LogP contribution in [0.3, 0.4) is 0 Å². The maximum absolute atomic E-state index is 9.74. The highest BCUT2D eigenvalue weighted by Gasteiger charge is 2.31. The van der Waals surface area contributed by atoms with Crippen molar-refractivity contribution in [3.63, 3.8) is 0 Å². The molecule has 1 aliphatic rings. The number of aliphatic hydroxyl groups excluding tert-OH is 1. The summed E-state index contributed by atoms with van der Waals surface area (Å²) in [5, 5.41) is 14.4. The largest absolute Gasteiger partial charge is 0.394 e. The molecule has 0 aliphatic carbocycles. The van der Waals surface area contributed by atoms with Crippen molar-refractivity contribution >= 4 is 26.8 Å². The maximum Gasteiger partial charge on any atom is 0.0758 e. The van der Waals surface area contributed by atoms with Gasteiger partial charge in [-0.2, -0.15) is 0 Å². The SMILES string of the molecule is OCC1(NCc2ccc(Br)c3cccnc23)CCOCC1. The third kappa shape index (κ3) is 3.11. The lowest BCUT2D eigenvalue weighted by Crippen LogP contribution is -2.51. The van der Waals surface area contributed by atoms with Gasteiger partial charge in [0, 0.05) is 41.4 Å². The maximum atomic E-state index is 9.74. The van der Waals surface area contributed by atoms with Crippen LogP contribution < -0.4 is 5.32 Å². The van der Waals surface area contributed by atoms with Gasteiger partial charge in [0.05, 0.1) is 12.1 Å². The van der Waals surface area contributed by atoms with E-state index in [4.69, 9.17) is 4.74 Å². The van der Waals surface area contributed by atoms with Crippen molar-refractivity contribution in [1.29, 1.82) is 0 Å². The molecule has 2 aromatic rings. The number of hydrogen-bond acceptors (Lipinski definition) is 4. The first-order chi connectivity index (χ1) is 10.2. The summed E-state index contributed by atoms with van der Waals surface area (Å²) in [4.78, 5) is 4.50. The highest BCUT2D eigenvalue weighted by atomic mass is 79.9. The second-order valence-electron chi connectivity index (χ2n) is 5.51. The van der Waals surface area contributed by atoms with Crippen molar-refractivity contribution < 1.29 is 9.84 Å². The molecule has 1 aromatic heterocycles. The van der Waals surface area contributed by atoms with Gasteiger partial charge in [-0.25, -0.2) is 0 Å². The fourth-order valence-corrected chi connectivity index (χ4v) is 3.23. The van der Waals surface area contributed by atoms with Gasteiger partial charge in [0.25, 0.3) is 0 Å². The highest BCUT2D eigenvalue weighted by molar-refractivity contribution is 9.10. The molecule has 1 saturated heterocycles. The lowest BCUT2D eigenvalue weighted by Gasteiger charge is -2.36. The number of benzene rings is 1. The van der Waals surface area contributed by atoms with Gasteiger partial charge in [-0.3, -0.25) is 4.98 Å². The Kier molecular flexibility index (Phi) is 4.54. The molecule has 0 spiro atoms. The van der Waals surface area contributed by atoms with E-state index in [1.165, 1.54) is 0 Å². The standard InChI is InChI=1S/C16H19BrN2O2/c17-14-4-3-12(15-13(14)2-1-7-18-15)10-19-16(11-20)5-8-21-9-6-16/h1-4,7,19-20H,5-6,8-11H2. The Morgan fingerprint density at radius 1 is 1.29 bits per heavy atom. The van der Waals surface area contributed by atoms with Gasteiger partial charge in [0.2, 0.25) is 0 Å². The van der Waals surface area contributed by atoms with Gasteiger partial charge >= 0.3 is 0 Å². The van der Waals surface area contributed by atoms with Crippen LogP contribution in [0.15, 0.2) is 34.9 Å². The summed E-state index contributed by atoms with van der Waals surface area (Å²) in [5.74, 6) is 0. The average Bonchev–Trinajstić information content (AvgIpc) is 2.55. The molecule has 0 unspecified atom stereocenters. The lowest BCUT2D eigenvalue weighted by atomic mass is 9.90. The van der Waals surface area contributed by atoms with E-state index in [2.05, 4.69) is 44.4 Å². The molecular weight excluding hydrogens is 332 g/mol. The lowest BCUT2D eigenvalue weighted by molar-refractivity contribution is 0.0112. The van der Waals surface area contributed by atoms with Crippen LogP contribution in [0, 0.1) is 0 Å². The second kappa shape index (κ2) is 6.40. The van der Waals surface area contributed by atoms with Crippen LogP contribution in [-0.4, -0.2) is 35.5 Å². The number of pyridine rings is 1. The van der Waals surface area contributed by atoms with Gasteiger partial charge in [0.15, 0.2) is 0 Å². The molecule has 2 heterocycles. The Morgan fingerprint density at radius 3 is 2.86 bits per heavy atom. The summed E-state index contributed by atoms with van der Waals surface area (Å²) in [7, 11) is 0. The molecule has 1 aliphatic heterocycles. The zero-order valence-electron chi connectivity index (χ0n) is 11.8. The van der Waals surface area contributed by atoms with E-state index in [-0.39, 0.29) is 12.1 Å². The quantitative estimate of drug-likeness (QED) is 0.889. The smallest absolute Gasteiger partial charge is 0.0758 e. The summed E-state index contributed by atoms with van der Waals surface area (Å²) in [6, 6.07) is 8.14. The van der Waals surface area contributed by atoms with E-state index in [0.717, 1.165) is 33.8 Å². The number of halogens is 1. The normalized spacial score (nSPS) is 18.0. The molecule has 0 atom stereocenters. The first kappa shape index (κ1) is 14.9. The molecule has 0 radical (unpaired) electrons. The Morgan fingerprint density at radius 2 is 2.10 bits per heavy atom. The van der Waals surface area contributed by atoms with Gasteiger partial charge in [-0.05, 0) is 30.5 Å². The number of hydrogen-bond donors (Lipinski definition) is 2. The van der Waals surface area contributed by atoms with Crippen LogP contribution in [0.1, 0.15) is 18.4 Å². The molecule has 4 nitrogen and oxygen atoms in total. The summed E-state index contributed by atoms with van der Waals surface area (Å²) >= 11 is 3.57. The Labute approximate surface area is 132 Å². The highest BCUT2D eigenvalue weighted by Crippen LogP contribution is 2.26. The van der Waals surface area contributed by atoms with Crippen LogP contribution in [-0.2, 0) is 11.3 Å². The number of aliphatic hydroxyl groups is 1. The minimum atomic E-state index is -0.230. The van der Waals surface area contributed by atoms with Crippen molar-refractivity contribution in [2.24, 2.45) is 0 Å². The summed E-state index contributed by atoms with van der Waals surface area (Å²) in [6.07, 6.45) is 3.49. The first-order valence-corrected chi connectivity index (χ1v) is 7.99. The molecular formula is C16H19BrN2O2. The van der Waals surface area contributed by atoms with Gasteiger partial charge in [-0.1, -0.05) is 28.1 Å². The number of rotatable bonds is 4. The molecule has 112 valence electrons. The fourth-order valence-electron chi connectivity index (χ4n) is 2.77. The monoisotopic (exact) mass is 350 g/mol. The molecule has 1 fully saturated rings. The van der Waals surface area contributed by atoms with Crippen molar-refractivity contribution in [3.8, 4) is 0 Å². The van der Waals surface area contributed by atoms with E-state index >= 15 is 0 Å². The van der Waals surface area contributed by atoms with Crippen molar-refractivity contribution in [3.05, 3.63) is 40.5 Å². The van der Waals surface area contributed by atoms with Gasteiger partial charge in [-0.15, -0.1) is 0 Å². The van der Waals surface area contributed by atoms with Crippen molar-refractivity contribution in [1.82, 2.24) is 10.3 Å². The molecule has 21 heavy (non-hydrogen) atoms. The molecule has 0 saturated carbocycles. The van der Waals surface area contributed by atoms with Crippen molar-refractivity contribution in [2.75, 3.05) is 19.8 Å². The second-order valence-corrected chi connectivity index (χ2v) is 6.36. The molecule has 3 rings (SSSR count). The number of nitrogens with one attached hydrogen (secondary N) is 1. The third-order valence-corrected chi connectivity index (χ3v) is 4.90. The van der Waals surface area contributed by atoms with Crippen LogP contribution >= 0.6 is 15.9 Å². The number of nitrogens with zero attached hydrogens (tertiary/aromatic N) is 1. The Balaban J connectivity index is 1.83. The predicted octanol–water partition coefficient (Wildman–Crippen LogP) is 2.63. The Bertz CT molecular complexity index is 627. The predicted molar refractivity (Wildman–Crippen MR) is 86.2 cm³/mol. The van der Waals surface area contributed by atoms with E-state index in [1.807, 2.05) is 12.3 Å². The number of aromatic nitrogens is 1. The van der Waals surface area contributed by atoms with Crippen LogP contribution in [0.25, 0.3) is 10.9 Å². The molecule has 2 N–H and O–H groups in total. The first-order valence-electron chi connectivity index (χ1n) is 7.20. The molecule has 1 aromatic carbocycles. The topological polar surface area (TPSA) is 54.4 Å². The van der Waals surface area contributed by atoms with Gasteiger partial charge < -0.3 is 15.2 Å². The number of ether oxygens (including phenoxy) is 1. The fraction of sp³-hybridized carbons (Fsp3) is 0.438. The molecule has 0 bridgehead atoms. The minimum absolute atomic E-state index is 0.137. The van der Waals surface area contributed by atoms with E-state index in [0.29, 0.717) is 19.8 Å². The van der Waals surface area contributed by atoms with Gasteiger partial charge in [0.1, 0.15) is 0 Å². The summed E-state index contributed by atoms with van der Waals surface area (Å²) < 4.78 is 6.45. The van der Waals surface area contributed by atoms with E-state index in [9.17, 15) is 5.11 Å². The number of fused-ring (bicyclic) bond motifs is 1. The summed E-state index contributed by atoms with van der Waals surface area (Å²) in [6.45, 7) is 2.24. The van der Waals surface area contributed by atoms with Crippen LogP contribution in [0.5, 0.6) is 0 Å². The van der Waals surface area contributed by atoms with E-state index < -0.39 is 0 Å². The minimum Gasteiger partial charge on any atom is -0.394 e. The molecule has 0 amide bonds. The average molecular weight is 351 g/mol. The van der Waals surface area contributed by atoms with Crippen LogP contribution in [0.2, 0.25) is 0 Å². The third-order valence-electron chi connectivity index (χ3n) is 4.21. The van der Waals surface area contributed by atoms with Crippen LogP contribution in [0.4, 0.5) is 0 Å². The van der Waals surface area contributed by atoms with Crippen molar-refractivity contribution in [2.45, 2.75) is 24.9 Å². The van der Waals surface area contributed by atoms with E-state index in [1.54, 1.807) is 0 Å².